The van der Waals surface area contributed by atoms with Gasteiger partial charge in [0.25, 0.3) is 0 Å². The van der Waals surface area contributed by atoms with Crippen molar-refractivity contribution in [3.05, 3.63) is 0 Å². The van der Waals surface area contributed by atoms with Crippen LogP contribution in [-0.2, 0) is 143 Å². The number of hydrogen-bond donors (Lipinski definition) is 0. The zero-order valence-corrected chi connectivity index (χ0v) is 26.9. The molecule has 0 aromatic heterocycles. The molecule has 0 aliphatic heterocycles. The third-order valence-electron chi connectivity index (χ3n) is 0. The fraction of sp³-hybridized carbons (Fsp3) is 0. The molecule has 0 unspecified atom stereocenters. The fourth-order valence-corrected chi connectivity index (χ4v) is 0. The Balaban J connectivity index is -0.0000000161. The third kappa shape index (κ3) is 746. The molecule has 24 heteroatoms. The van der Waals surface area contributed by atoms with Crippen LogP contribution in [0.3, 0.4) is 0 Å². The summed E-state index contributed by atoms with van der Waals surface area (Å²) in [4.78, 5) is 0. The van der Waals surface area contributed by atoms with E-state index in [0.717, 1.165) is 0 Å². The summed E-state index contributed by atoms with van der Waals surface area (Å²) in [6.07, 6.45) is 0. The monoisotopic (exact) mass is 1010 g/mol. The summed E-state index contributed by atoms with van der Waals surface area (Å²) >= 11 is -20.4. The summed E-state index contributed by atoms with van der Waals surface area (Å²) in [6.45, 7) is 0. The number of hydrogen-bond acceptors (Lipinski definition) is 15. The second-order valence-corrected chi connectivity index (χ2v) is 5.15. The van der Waals surface area contributed by atoms with Gasteiger partial charge in [-0.3, -0.25) is 0 Å². The molecule has 0 saturated carbocycles. The van der Waals surface area contributed by atoms with Crippen molar-refractivity contribution in [2.24, 2.45) is 0 Å². The molecule has 0 spiro atoms. The Hall–Kier alpha value is 4.92. The predicted molar refractivity (Wildman–Crippen MR) is 14.9 cm³/mol. The standard InChI is InChI=1S/2Bi.2Ni.15O.5Ti/q2*+3;2*+2;;;;;;10*-1;;;;;. The van der Waals surface area contributed by atoms with Crippen LogP contribution >= 0.6 is 0 Å². The first-order chi connectivity index (χ1) is 8.66. The molecular weight excluding hydrogens is 1010 g/mol. The van der Waals surface area contributed by atoms with Gasteiger partial charge in [0.15, 0.2) is 0 Å². The van der Waals surface area contributed by atoms with Crippen molar-refractivity contribution in [2.45, 2.75) is 0 Å². The van der Waals surface area contributed by atoms with E-state index in [1.807, 2.05) is 0 Å². The van der Waals surface area contributed by atoms with E-state index in [1.54, 1.807) is 0 Å². The van der Waals surface area contributed by atoms with Gasteiger partial charge >= 0.3 is 232 Å². The van der Waals surface area contributed by atoms with Gasteiger partial charge in [-0.25, -0.2) is 0 Å². The molecule has 0 aliphatic carbocycles. The Kier molecular flexibility index (Phi) is 121. The molecule has 140 valence electrons. The molecule has 0 bridgehead atoms. The van der Waals surface area contributed by atoms with Crippen LogP contribution in [0.2, 0.25) is 0 Å². The van der Waals surface area contributed by atoms with E-state index in [-0.39, 0.29) is 85.4 Å². The van der Waals surface area contributed by atoms with Crippen LogP contribution in [0, 0.1) is 0 Å². The van der Waals surface area contributed by atoms with Gasteiger partial charge in [0.2, 0.25) is 0 Å². The van der Waals surface area contributed by atoms with Gasteiger partial charge in [-0.2, -0.15) is 0 Å². The topological polar surface area (TPSA) is 316 Å². The fourth-order valence-electron chi connectivity index (χ4n) is 0. The van der Waals surface area contributed by atoms with Crippen LogP contribution in [0.4, 0.5) is 0 Å². The third-order valence-corrected chi connectivity index (χ3v) is 0. The Morgan fingerprint density at radius 3 is 0.333 bits per heavy atom. The van der Waals surface area contributed by atoms with Crippen LogP contribution in [0.15, 0.2) is 0 Å². The van der Waals surface area contributed by atoms with E-state index in [1.165, 1.54) is 0 Å². The van der Waals surface area contributed by atoms with E-state index in [0.29, 0.717) is 0 Å². The van der Waals surface area contributed by atoms with E-state index >= 15 is 0 Å². The van der Waals surface area contributed by atoms with E-state index < -0.39 is 93.1 Å². The zero-order valence-electron chi connectivity index (χ0n) is 10.2. The van der Waals surface area contributed by atoms with Crippen molar-refractivity contribution in [1.82, 2.24) is 0 Å². The van der Waals surface area contributed by atoms with Crippen molar-refractivity contribution in [1.29, 1.82) is 0 Å². The quantitative estimate of drug-likeness (QED) is 0.204. The minimum atomic E-state index is -4.08. The molecule has 0 saturated heterocycles. The van der Waals surface area contributed by atoms with Crippen molar-refractivity contribution < 1.29 is 180 Å². The summed E-state index contributed by atoms with van der Waals surface area (Å²) in [5.41, 5.74) is 0. The predicted octanol–water partition coefficient (Wildman–Crippen LogP) is -13.3. The second kappa shape index (κ2) is 51.0. The first kappa shape index (κ1) is 56.8. The molecule has 0 aromatic carbocycles. The summed E-state index contributed by atoms with van der Waals surface area (Å²) in [7, 11) is 0. The molecule has 0 aliphatic rings. The van der Waals surface area contributed by atoms with Crippen molar-refractivity contribution in [3.8, 4) is 0 Å². The Morgan fingerprint density at radius 2 is 0.333 bits per heavy atom. The van der Waals surface area contributed by atoms with Crippen LogP contribution in [0.1, 0.15) is 0 Å². The van der Waals surface area contributed by atoms with Gasteiger partial charge in [0.1, 0.15) is 0 Å². The first-order valence-electron chi connectivity index (χ1n) is 3.06. The van der Waals surface area contributed by atoms with Gasteiger partial charge in [-0.1, -0.05) is 0 Å². The van der Waals surface area contributed by atoms with Gasteiger partial charge < -0.3 is 0 Å². The maximum atomic E-state index is 8.58. The Labute approximate surface area is 227 Å². The number of rotatable bonds is 0. The summed E-state index contributed by atoms with van der Waals surface area (Å²) in [6, 6.07) is 0. The normalized spacial score (nSPS) is 5.42. The van der Waals surface area contributed by atoms with Crippen molar-refractivity contribution >= 4 is 52.4 Å². The summed E-state index contributed by atoms with van der Waals surface area (Å²) < 4.78 is 129. The average molecular weight is 1010 g/mol. The van der Waals surface area contributed by atoms with E-state index in [9.17, 15) is 0 Å². The molecule has 24 heavy (non-hydrogen) atoms. The Morgan fingerprint density at radius 1 is 0.333 bits per heavy atom. The van der Waals surface area contributed by atoms with Gasteiger partial charge in [-0.05, 0) is 0 Å². The molecule has 4 radical (unpaired) electrons. The molecule has 0 amide bonds. The summed E-state index contributed by atoms with van der Waals surface area (Å²) in [5.74, 6) is 0. The van der Waals surface area contributed by atoms with Crippen molar-refractivity contribution in [2.75, 3.05) is 0 Å². The van der Waals surface area contributed by atoms with Crippen LogP contribution in [-0.4, -0.2) is 52.4 Å². The molecule has 0 N–H and O–H groups in total. The Bertz CT molecular complexity index is 221. The van der Waals surface area contributed by atoms with Crippen LogP contribution < -0.4 is 36.9 Å². The molecule has 0 fully saturated rings. The van der Waals surface area contributed by atoms with Gasteiger partial charge in [0.05, 0.1) is 0 Å². The van der Waals surface area contributed by atoms with Crippen molar-refractivity contribution in [3.63, 3.8) is 0 Å². The van der Waals surface area contributed by atoms with E-state index in [2.05, 4.69) is 0 Å². The van der Waals surface area contributed by atoms with Crippen LogP contribution in [0.5, 0.6) is 0 Å². The van der Waals surface area contributed by atoms with Gasteiger partial charge in [-0.15, -0.1) is 0 Å². The average Bonchev–Trinajstić information content (AvgIpc) is 1.94. The second-order valence-electron chi connectivity index (χ2n) is 1.25. The zero-order chi connectivity index (χ0) is 17.9. The first-order valence-corrected chi connectivity index (χ1v) is 12.6. The summed E-state index contributed by atoms with van der Waals surface area (Å²) in [5, 5.41) is 0. The maximum absolute atomic E-state index is 8.58. The van der Waals surface area contributed by atoms with E-state index in [4.69, 9.17) is 53.5 Å². The molecule has 0 atom stereocenters. The molecule has 0 heterocycles. The molecule has 0 aromatic rings. The van der Waals surface area contributed by atoms with Crippen LogP contribution in [0.25, 0.3) is 0 Å². The molecule has 0 rings (SSSR count). The molecule has 15 nitrogen and oxygen atoms in total. The SMILES string of the molecule is [Bi+3].[Bi+3].[Ni+2].[Ni+2].[O]=[Ti]([O-])[O-].[O]=[Ti]([O-])[O-].[O]=[Ti]([O-])[O-].[O]=[Ti]([O-])[O-].[O]=[Ti]([O-])[O-]. The molecular formula is Bi2Ni2O15Ti5. The minimum absolute atomic E-state index is 0. The van der Waals surface area contributed by atoms with Gasteiger partial charge in [0, 0.05) is 0 Å².